The van der Waals surface area contributed by atoms with E-state index in [-0.39, 0.29) is 11.8 Å². The van der Waals surface area contributed by atoms with Gasteiger partial charge in [-0.3, -0.25) is 4.79 Å². The number of hydrogen-bond acceptors (Lipinski definition) is 3. The second kappa shape index (κ2) is 6.26. The van der Waals surface area contributed by atoms with Gasteiger partial charge in [-0.1, -0.05) is 31.5 Å². The van der Waals surface area contributed by atoms with Gasteiger partial charge in [0.25, 0.3) is 5.91 Å². The van der Waals surface area contributed by atoms with Crippen molar-refractivity contribution in [2.45, 2.75) is 47.5 Å². The van der Waals surface area contributed by atoms with Gasteiger partial charge in [-0.05, 0) is 38.8 Å². The molecule has 0 aliphatic heterocycles. The smallest absolute Gasteiger partial charge is 0.259 e. The Labute approximate surface area is 132 Å². The van der Waals surface area contributed by atoms with Gasteiger partial charge >= 0.3 is 0 Å². The summed E-state index contributed by atoms with van der Waals surface area (Å²) in [4.78, 5) is 21.2. The zero-order valence-corrected chi connectivity index (χ0v) is 14.1. The Morgan fingerprint density at radius 3 is 2.18 bits per heavy atom. The molecule has 0 bridgehead atoms. The summed E-state index contributed by atoms with van der Waals surface area (Å²) in [6, 6.07) is 4.13. The molecule has 4 nitrogen and oxygen atoms in total. The lowest BCUT2D eigenvalue weighted by Gasteiger charge is -2.14. The Hall–Kier alpha value is -2.23. The average molecular weight is 297 g/mol. The van der Waals surface area contributed by atoms with E-state index in [1.807, 2.05) is 41.5 Å². The molecular formula is C18H23N3O. The van der Waals surface area contributed by atoms with Crippen LogP contribution in [0.5, 0.6) is 0 Å². The van der Waals surface area contributed by atoms with Crippen LogP contribution < -0.4 is 5.32 Å². The molecule has 1 amide bonds. The quantitative estimate of drug-likeness (QED) is 0.928. The zero-order chi connectivity index (χ0) is 16.4. The van der Waals surface area contributed by atoms with Gasteiger partial charge in [0.05, 0.1) is 11.3 Å². The van der Waals surface area contributed by atoms with Crippen molar-refractivity contribution in [1.82, 2.24) is 9.97 Å². The van der Waals surface area contributed by atoms with Crippen LogP contribution >= 0.6 is 0 Å². The molecule has 22 heavy (non-hydrogen) atoms. The summed E-state index contributed by atoms with van der Waals surface area (Å²) in [5, 5.41) is 2.99. The number of rotatable bonds is 3. The van der Waals surface area contributed by atoms with E-state index < -0.39 is 0 Å². The normalized spacial score (nSPS) is 10.9. The van der Waals surface area contributed by atoms with Crippen molar-refractivity contribution in [3.05, 3.63) is 52.1 Å². The Bertz CT molecular complexity index is 697. The second-order valence-corrected chi connectivity index (χ2v) is 6.11. The van der Waals surface area contributed by atoms with Crippen molar-refractivity contribution in [2.75, 3.05) is 5.32 Å². The molecule has 1 heterocycles. The van der Waals surface area contributed by atoms with Crippen molar-refractivity contribution in [1.29, 1.82) is 0 Å². The summed E-state index contributed by atoms with van der Waals surface area (Å²) in [7, 11) is 0. The molecule has 0 fully saturated rings. The molecule has 0 saturated heterocycles. The van der Waals surface area contributed by atoms with Crippen LogP contribution in [0.15, 0.2) is 18.3 Å². The molecule has 4 heteroatoms. The summed E-state index contributed by atoms with van der Waals surface area (Å²) in [6.07, 6.45) is 1.62. The first-order valence-corrected chi connectivity index (χ1v) is 7.52. The summed E-state index contributed by atoms with van der Waals surface area (Å²) in [5.74, 6) is 0.844. The number of nitrogens with one attached hydrogen (secondary N) is 1. The fraction of sp³-hybridized carbons (Fsp3) is 0.389. The third-order valence-corrected chi connectivity index (χ3v) is 3.67. The maximum atomic E-state index is 12.5. The predicted molar refractivity (Wildman–Crippen MR) is 89.5 cm³/mol. The van der Waals surface area contributed by atoms with E-state index in [1.165, 1.54) is 5.56 Å². The van der Waals surface area contributed by atoms with Gasteiger partial charge in [-0.2, -0.15) is 0 Å². The number of aryl methyl sites for hydroxylation is 4. The van der Waals surface area contributed by atoms with E-state index in [1.54, 1.807) is 6.20 Å². The van der Waals surface area contributed by atoms with E-state index in [4.69, 9.17) is 0 Å². The number of carbonyl (C=O) groups excluding carboxylic acids is 1. The minimum Gasteiger partial charge on any atom is -0.321 e. The third-order valence-electron chi connectivity index (χ3n) is 3.67. The molecule has 0 atom stereocenters. The Morgan fingerprint density at radius 1 is 1.09 bits per heavy atom. The van der Waals surface area contributed by atoms with Crippen molar-refractivity contribution in [2.24, 2.45) is 0 Å². The van der Waals surface area contributed by atoms with Gasteiger partial charge in [0, 0.05) is 17.8 Å². The molecule has 0 unspecified atom stereocenters. The number of nitrogens with zero attached hydrogens (tertiary/aromatic N) is 2. The van der Waals surface area contributed by atoms with Crippen LogP contribution in [0.2, 0.25) is 0 Å². The maximum absolute atomic E-state index is 12.5. The van der Waals surface area contributed by atoms with Crippen molar-refractivity contribution >= 4 is 11.6 Å². The number of anilines is 1. The van der Waals surface area contributed by atoms with Crippen LogP contribution in [0, 0.1) is 27.7 Å². The highest BCUT2D eigenvalue weighted by Gasteiger charge is 2.15. The average Bonchev–Trinajstić information content (AvgIpc) is 2.42. The van der Waals surface area contributed by atoms with E-state index in [0.717, 1.165) is 22.6 Å². The Morgan fingerprint density at radius 2 is 1.68 bits per heavy atom. The summed E-state index contributed by atoms with van der Waals surface area (Å²) >= 11 is 0. The number of benzene rings is 1. The monoisotopic (exact) mass is 297 g/mol. The van der Waals surface area contributed by atoms with Gasteiger partial charge < -0.3 is 5.32 Å². The van der Waals surface area contributed by atoms with Crippen LogP contribution in [-0.2, 0) is 0 Å². The number of carbonyl (C=O) groups is 1. The van der Waals surface area contributed by atoms with E-state index in [9.17, 15) is 4.79 Å². The molecule has 0 spiro atoms. The van der Waals surface area contributed by atoms with E-state index in [2.05, 4.69) is 27.4 Å². The first kappa shape index (κ1) is 16.1. The molecule has 1 aromatic carbocycles. The Kier molecular flexibility index (Phi) is 4.59. The highest BCUT2D eigenvalue weighted by Crippen LogP contribution is 2.23. The van der Waals surface area contributed by atoms with Crippen LogP contribution in [0.25, 0.3) is 0 Å². The molecule has 0 saturated carbocycles. The van der Waals surface area contributed by atoms with Crippen molar-refractivity contribution in [3.63, 3.8) is 0 Å². The van der Waals surface area contributed by atoms with Crippen LogP contribution in [0.3, 0.4) is 0 Å². The third kappa shape index (κ3) is 3.32. The zero-order valence-electron chi connectivity index (χ0n) is 14.1. The minimum atomic E-state index is -0.164. The standard InChI is InChI=1S/C18H23N3O/c1-10(2)17-19-9-15(14(6)20-17)18(22)21-16-12(4)7-11(3)8-13(16)5/h7-10H,1-6H3,(H,21,22). The minimum absolute atomic E-state index is 0.164. The molecule has 2 aromatic rings. The lowest BCUT2D eigenvalue weighted by Crippen LogP contribution is -2.17. The lowest BCUT2D eigenvalue weighted by atomic mass is 10.0. The molecular weight excluding hydrogens is 274 g/mol. The van der Waals surface area contributed by atoms with E-state index in [0.29, 0.717) is 11.3 Å². The highest BCUT2D eigenvalue weighted by molar-refractivity contribution is 6.05. The lowest BCUT2D eigenvalue weighted by molar-refractivity contribution is 0.102. The fourth-order valence-corrected chi connectivity index (χ4v) is 2.54. The molecule has 2 rings (SSSR count). The van der Waals surface area contributed by atoms with Crippen LogP contribution in [-0.4, -0.2) is 15.9 Å². The van der Waals surface area contributed by atoms with Crippen LogP contribution in [0.4, 0.5) is 5.69 Å². The van der Waals surface area contributed by atoms with Crippen molar-refractivity contribution in [3.8, 4) is 0 Å². The first-order chi connectivity index (χ1) is 10.3. The van der Waals surface area contributed by atoms with Crippen molar-refractivity contribution < 1.29 is 4.79 Å². The SMILES string of the molecule is Cc1cc(C)c(NC(=O)c2cnc(C(C)C)nc2C)c(C)c1. The van der Waals surface area contributed by atoms with Gasteiger partial charge in [-0.15, -0.1) is 0 Å². The fourth-order valence-electron chi connectivity index (χ4n) is 2.54. The number of hydrogen-bond donors (Lipinski definition) is 1. The first-order valence-electron chi connectivity index (χ1n) is 7.52. The Balaban J connectivity index is 2.30. The van der Waals surface area contributed by atoms with Gasteiger partial charge in [0.15, 0.2) is 0 Å². The highest BCUT2D eigenvalue weighted by atomic mass is 16.1. The molecule has 0 aliphatic carbocycles. The molecule has 1 aromatic heterocycles. The molecule has 1 N–H and O–H groups in total. The summed E-state index contributed by atoms with van der Waals surface area (Å²) in [6.45, 7) is 12.0. The second-order valence-electron chi connectivity index (χ2n) is 6.11. The number of amides is 1. The van der Waals surface area contributed by atoms with Gasteiger partial charge in [0.1, 0.15) is 5.82 Å². The summed E-state index contributed by atoms with van der Waals surface area (Å²) in [5.41, 5.74) is 5.39. The van der Waals surface area contributed by atoms with Gasteiger partial charge in [0.2, 0.25) is 0 Å². The van der Waals surface area contributed by atoms with E-state index >= 15 is 0 Å². The summed E-state index contributed by atoms with van der Waals surface area (Å²) < 4.78 is 0. The predicted octanol–water partition coefficient (Wildman–Crippen LogP) is 4.09. The topological polar surface area (TPSA) is 54.9 Å². The number of aromatic nitrogens is 2. The molecule has 0 radical (unpaired) electrons. The largest absolute Gasteiger partial charge is 0.321 e. The van der Waals surface area contributed by atoms with Gasteiger partial charge in [-0.25, -0.2) is 9.97 Å². The van der Waals surface area contributed by atoms with Crippen LogP contribution in [0.1, 0.15) is 58.3 Å². The molecule has 116 valence electrons. The maximum Gasteiger partial charge on any atom is 0.259 e. The molecule has 0 aliphatic rings.